The first-order valence-corrected chi connectivity index (χ1v) is 7.64. The summed E-state index contributed by atoms with van der Waals surface area (Å²) in [5.74, 6) is 0. The summed E-state index contributed by atoms with van der Waals surface area (Å²) in [5.41, 5.74) is 1.88. The largest absolute Gasteiger partial charge is 0.427 e. The summed E-state index contributed by atoms with van der Waals surface area (Å²) in [7, 11) is 0.479. The van der Waals surface area contributed by atoms with E-state index < -0.39 is 11.2 Å². The van der Waals surface area contributed by atoms with E-state index in [1.165, 1.54) is 10.8 Å². The lowest BCUT2D eigenvalue weighted by Gasteiger charge is -2.37. The van der Waals surface area contributed by atoms with E-state index in [0.717, 1.165) is 16.5 Å². The van der Waals surface area contributed by atoms with E-state index in [2.05, 4.69) is 41.4 Å². The van der Waals surface area contributed by atoms with Crippen molar-refractivity contribution in [3.8, 4) is 0 Å². The Hall–Kier alpha value is -1.78. The van der Waals surface area contributed by atoms with Crippen molar-refractivity contribution in [2.75, 3.05) is 0 Å². The number of H-pyrrole nitrogens is 1. The number of nitrogens with one attached hydrogen (secondary N) is 1. The van der Waals surface area contributed by atoms with Gasteiger partial charge in [-0.3, -0.25) is 0 Å². The third-order valence-corrected chi connectivity index (χ3v) is 4.64. The van der Waals surface area contributed by atoms with Crippen LogP contribution < -0.4 is 5.46 Å². The maximum Gasteiger partial charge on any atom is 0.309 e. The van der Waals surface area contributed by atoms with Crippen LogP contribution in [0.25, 0.3) is 21.8 Å². The molecule has 0 atom stereocenters. The maximum absolute atomic E-state index is 10.2. The highest BCUT2D eigenvalue weighted by Crippen LogP contribution is 2.26. The summed E-state index contributed by atoms with van der Waals surface area (Å²) < 4.78 is 5.96. The predicted molar refractivity (Wildman–Crippen MR) is 94.0 cm³/mol. The van der Waals surface area contributed by atoms with E-state index in [4.69, 9.17) is 4.65 Å². The lowest BCUT2D eigenvalue weighted by atomic mass is 9.82. The van der Waals surface area contributed by atoms with Crippen molar-refractivity contribution >= 4 is 34.8 Å². The lowest BCUT2D eigenvalue weighted by Crippen LogP contribution is -2.49. The van der Waals surface area contributed by atoms with Gasteiger partial charge in [-0.15, -0.1) is 0 Å². The summed E-state index contributed by atoms with van der Waals surface area (Å²) in [4.78, 5) is 3.42. The van der Waals surface area contributed by atoms with E-state index in [-0.39, 0.29) is 0 Å². The number of rotatable bonds is 4. The second kappa shape index (κ2) is 5.15. The Morgan fingerprint density at radius 2 is 1.64 bits per heavy atom. The number of aromatic nitrogens is 1. The molecule has 0 aliphatic rings. The zero-order chi connectivity index (χ0) is 16.0. The molecule has 114 valence electrons. The molecule has 3 nitrogen and oxygen atoms in total. The van der Waals surface area contributed by atoms with Gasteiger partial charge in [0.1, 0.15) is 0 Å². The molecule has 2 aromatic carbocycles. The van der Waals surface area contributed by atoms with Crippen LogP contribution in [0.1, 0.15) is 27.7 Å². The normalized spacial score (nSPS) is 13.0. The average molecular weight is 295 g/mol. The Morgan fingerprint density at radius 1 is 0.955 bits per heavy atom. The van der Waals surface area contributed by atoms with Crippen molar-refractivity contribution in [1.82, 2.24) is 4.98 Å². The minimum Gasteiger partial charge on any atom is -0.427 e. The van der Waals surface area contributed by atoms with Gasteiger partial charge >= 0.3 is 7.48 Å². The number of hydrogen-bond acceptors (Lipinski definition) is 2. The van der Waals surface area contributed by atoms with Gasteiger partial charge in [-0.1, -0.05) is 35.8 Å². The first kappa shape index (κ1) is 15.1. The van der Waals surface area contributed by atoms with Crippen molar-refractivity contribution in [2.24, 2.45) is 0 Å². The topological polar surface area (TPSA) is 45.2 Å². The van der Waals surface area contributed by atoms with E-state index in [9.17, 15) is 5.11 Å². The Labute approximate surface area is 131 Å². The number of aliphatic hydroxyl groups is 1. The molecule has 0 aliphatic carbocycles. The van der Waals surface area contributed by atoms with Crippen LogP contribution in [0.4, 0.5) is 0 Å². The Balaban J connectivity index is 1.91. The average Bonchev–Trinajstić information content (AvgIpc) is 2.82. The van der Waals surface area contributed by atoms with Crippen molar-refractivity contribution in [3.05, 3.63) is 42.5 Å². The van der Waals surface area contributed by atoms with Gasteiger partial charge in [-0.2, -0.15) is 0 Å². The minimum atomic E-state index is -0.891. The SMILES string of the molecule is CC(C)(O)C(C)(C)OBc1ccc2[nH]c3ccccc3c2c1. The minimum absolute atomic E-state index is 0.479. The van der Waals surface area contributed by atoms with E-state index in [1.807, 2.05) is 19.9 Å². The molecule has 0 amide bonds. The third-order valence-electron chi connectivity index (χ3n) is 4.64. The number of benzene rings is 2. The summed E-state index contributed by atoms with van der Waals surface area (Å²) in [6.07, 6.45) is 0. The molecule has 3 aromatic rings. The molecule has 0 fully saturated rings. The maximum atomic E-state index is 10.2. The highest BCUT2D eigenvalue weighted by molar-refractivity contribution is 6.47. The van der Waals surface area contributed by atoms with Gasteiger partial charge in [0.05, 0.1) is 11.2 Å². The van der Waals surface area contributed by atoms with Gasteiger partial charge in [0.2, 0.25) is 0 Å². The molecule has 4 heteroatoms. The molecule has 0 unspecified atom stereocenters. The molecule has 1 aromatic heterocycles. The molecule has 22 heavy (non-hydrogen) atoms. The Morgan fingerprint density at radius 3 is 2.36 bits per heavy atom. The van der Waals surface area contributed by atoms with Gasteiger partial charge in [0.15, 0.2) is 0 Å². The molecular formula is C18H22BNO2. The Bertz CT molecular complexity index is 815. The summed E-state index contributed by atoms with van der Waals surface area (Å²) >= 11 is 0. The van der Waals surface area contributed by atoms with Gasteiger partial charge in [-0.25, -0.2) is 0 Å². The van der Waals surface area contributed by atoms with E-state index in [1.54, 1.807) is 13.8 Å². The van der Waals surface area contributed by atoms with Gasteiger partial charge in [0, 0.05) is 21.8 Å². The second-order valence-corrected chi connectivity index (χ2v) is 6.91. The third kappa shape index (κ3) is 2.64. The highest BCUT2D eigenvalue weighted by Gasteiger charge is 2.35. The molecule has 0 saturated carbocycles. The van der Waals surface area contributed by atoms with Crippen LogP contribution in [-0.2, 0) is 4.65 Å². The fraction of sp³-hybridized carbons (Fsp3) is 0.333. The van der Waals surface area contributed by atoms with Crippen molar-refractivity contribution in [3.63, 3.8) is 0 Å². The van der Waals surface area contributed by atoms with Crippen LogP contribution in [0.5, 0.6) is 0 Å². The monoisotopic (exact) mass is 295 g/mol. The van der Waals surface area contributed by atoms with Crippen LogP contribution in [0.15, 0.2) is 42.5 Å². The summed E-state index contributed by atoms with van der Waals surface area (Å²) in [5, 5.41) is 12.6. The lowest BCUT2D eigenvalue weighted by molar-refractivity contribution is -0.0893. The first-order valence-electron chi connectivity index (χ1n) is 7.64. The number of aromatic amines is 1. The van der Waals surface area contributed by atoms with Crippen LogP contribution in [0, 0.1) is 0 Å². The zero-order valence-electron chi connectivity index (χ0n) is 13.6. The number of fused-ring (bicyclic) bond motifs is 3. The second-order valence-electron chi connectivity index (χ2n) is 6.91. The number of para-hydroxylation sites is 1. The van der Waals surface area contributed by atoms with Crippen molar-refractivity contribution in [1.29, 1.82) is 0 Å². The predicted octanol–water partition coefficient (Wildman–Crippen LogP) is 2.86. The molecule has 0 aliphatic heterocycles. The molecule has 0 bridgehead atoms. The fourth-order valence-corrected chi connectivity index (χ4v) is 2.43. The number of hydrogen-bond donors (Lipinski definition) is 2. The van der Waals surface area contributed by atoms with Crippen molar-refractivity contribution < 1.29 is 9.76 Å². The van der Waals surface area contributed by atoms with Crippen LogP contribution in [0.3, 0.4) is 0 Å². The van der Waals surface area contributed by atoms with Crippen LogP contribution >= 0.6 is 0 Å². The molecule has 1 heterocycles. The molecule has 0 saturated heterocycles. The smallest absolute Gasteiger partial charge is 0.309 e. The standard InChI is InChI=1S/C18H22BNO2/c1-17(2,21)18(3,4)22-19-12-9-10-16-14(11-12)13-7-5-6-8-15(13)20-16/h5-11,19-21H,1-4H3. The molecule has 2 N–H and O–H groups in total. The molecule has 3 rings (SSSR count). The van der Waals surface area contributed by atoms with Crippen LogP contribution in [0.2, 0.25) is 0 Å². The van der Waals surface area contributed by atoms with Crippen LogP contribution in [-0.4, -0.2) is 28.8 Å². The first-order chi connectivity index (χ1) is 10.3. The quantitative estimate of drug-likeness (QED) is 0.727. The summed E-state index contributed by atoms with van der Waals surface area (Å²) in [6.45, 7) is 7.38. The van der Waals surface area contributed by atoms with E-state index >= 15 is 0 Å². The highest BCUT2D eigenvalue weighted by atomic mass is 16.5. The van der Waals surface area contributed by atoms with Gasteiger partial charge in [0.25, 0.3) is 0 Å². The molecular weight excluding hydrogens is 273 g/mol. The van der Waals surface area contributed by atoms with Gasteiger partial charge in [-0.05, 0) is 39.8 Å². The van der Waals surface area contributed by atoms with E-state index in [0.29, 0.717) is 7.48 Å². The fourth-order valence-electron chi connectivity index (χ4n) is 2.43. The molecule has 0 spiro atoms. The molecule has 0 radical (unpaired) electrons. The van der Waals surface area contributed by atoms with Crippen molar-refractivity contribution in [2.45, 2.75) is 38.9 Å². The van der Waals surface area contributed by atoms with Gasteiger partial charge < -0.3 is 14.7 Å². The zero-order valence-corrected chi connectivity index (χ0v) is 13.6. The summed E-state index contributed by atoms with van der Waals surface area (Å²) in [6, 6.07) is 14.6. The Kier molecular flexibility index (Phi) is 3.54.